The SMILES string of the molecule is [CH2]CCC.[CH2]CCC.[S-]C1=C([S-])S[C@@H]2OCCO[C@@H]2S1.[Sn+2]. The molecule has 0 aromatic heterocycles. The van der Waals surface area contributed by atoms with Crippen LogP contribution >= 0.6 is 23.5 Å². The van der Waals surface area contributed by atoms with Crippen molar-refractivity contribution in [3.8, 4) is 0 Å². The molecule has 4 radical (unpaired) electrons. The van der Waals surface area contributed by atoms with Gasteiger partial charge in [0.05, 0.1) is 13.2 Å². The van der Waals surface area contributed by atoms with Crippen LogP contribution in [0.5, 0.6) is 0 Å². The van der Waals surface area contributed by atoms with Crippen molar-refractivity contribution >= 4 is 72.7 Å². The van der Waals surface area contributed by atoms with Gasteiger partial charge in [0.2, 0.25) is 0 Å². The molecule has 7 heteroatoms. The van der Waals surface area contributed by atoms with E-state index in [9.17, 15) is 0 Å². The molecule has 2 nitrogen and oxygen atoms in total. The Morgan fingerprint density at radius 1 is 0.952 bits per heavy atom. The third-order valence-corrected chi connectivity index (χ3v) is 5.93. The molecule has 0 aliphatic carbocycles. The van der Waals surface area contributed by atoms with Crippen molar-refractivity contribution in [2.45, 2.75) is 50.4 Å². The number of hydrogen-bond donors (Lipinski definition) is 0. The van der Waals surface area contributed by atoms with Gasteiger partial charge in [-0.25, -0.2) is 0 Å². The van der Waals surface area contributed by atoms with Crippen molar-refractivity contribution in [2.24, 2.45) is 0 Å². The fourth-order valence-corrected chi connectivity index (χ4v) is 3.77. The van der Waals surface area contributed by atoms with Crippen LogP contribution in [0.1, 0.15) is 39.5 Å². The van der Waals surface area contributed by atoms with Crippen LogP contribution in [0.4, 0.5) is 0 Å². The summed E-state index contributed by atoms with van der Waals surface area (Å²) in [7, 11) is 0. The Kier molecular flexibility index (Phi) is 19.5. The zero-order chi connectivity index (χ0) is 15.4. The Hall–Kier alpha value is 1.60. The zero-order valence-electron chi connectivity index (χ0n) is 12.8. The van der Waals surface area contributed by atoms with Crippen LogP contribution in [0, 0.1) is 13.8 Å². The van der Waals surface area contributed by atoms with E-state index in [4.69, 9.17) is 34.7 Å². The van der Waals surface area contributed by atoms with E-state index < -0.39 is 0 Å². The first-order valence-electron chi connectivity index (χ1n) is 6.83. The van der Waals surface area contributed by atoms with Gasteiger partial charge in [0.1, 0.15) is 10.9 Å². The molecule has 2 heterocycles. The molecule has 2 rings (SSSR count). The van der Waals surface area contributed by atoms with E-state index in [0.29, 0.717) is 13.2 Å². The van der Waals surface area contributed by atoms with Crippen LogP contribution < -0.4 is 0 Å². The molecule has 0 aromatic rings. The second-order valence-corrected chi connectivity index (χ2v) is 7.55. The number of hydrogen-bond acceptors (Lipinski definition) is 6. The largest absolute Gasteiger partial charge is 2.00 e. The van der Waals surface area contributed by atoms with Gasteiger partial charge in [0, 0.05) is 0 Å². The normalized spacial score (nSPS) is 23.6. The van der Waals surface area contributed by atoms with Gasteiger partial charge in [0.15, 0.2) is 0 Å². The van der Waals surface area contributed by atoms with Gasteiger partial charge >= 0.3 is 23.9 Å². The standard InChI is InChI=1S/C6H8O2S4.2C4H9.Sn/c9-5-6(10)12-4-3(11-5)7-1-2-8-4;2*1-3-4-2;/h3-4,9-10H,1-2H2;2*1,3-4H2,2H3;/q;;;+2/p-2/t3-,4+;;;. The Bertz CT molecular complexity index is 248. The minimum Gasteiger partial charge on any atom is -0.774 e. The maximum atomic E-state index is 5.47. The van der Waals surface area contributed by atoms with Gasteiger partial charge in [-0.15, -0.1) is 23.5 Å². The molecule has 0 saturated carbocycles. The van der Waals surface area contributed by atoms with Crippen LogP contribution in [0.3, 0.4) is 0 Å². The number of fused-ring (bicyclic) bond motifs is 1. The molecular weight excluding hydrogens is 447 g/mol. The molecule has 2 aliphatic heterocycles. The van der Waals surface area contributed by atoms with Crippen LogP contribution in [-0.4, -0.2) is 48.0 Å². The molecule has 1 fully saturated rings. The molecule has 0 aromatic carbocycles. The molecule has 0 bridgehead atoms. The van der Waals surface area contributed by atoms with E-state index in [1.807, 2.05) is 0 Å². The topological polar surface area (TPSA) is 18.5 Å². The van der Waals surface area contributed by atoms with E-state index >= 15 is 0 Å². The zero-order valence-corrected chi connectivity index (χ0v) is 18.9. The molecular formula is C14H24O2S4Sn. The van der Waals surface area contributed by atoms with Crippen molar-refractivity contribution < 1.29 is 9.47 Å². The predicted molar refractivity (Wildman–Crippen MR) is 103 cm³/mol. The van der Waals surface area contributed by atoms with Crippen molar-refractivity contribution in [1.82, 2.24) is 0 Å². The first-order chi connectivity index (χ1) is 9.60. The number of thioether (sulfide) groups is 2. The van der Waals surface area contributed by atoms with Crippen molar-refractivity contribution in [2.75, 3.05) is 13.2 Å². The molecule has 120 valence electrons. The summed E-state index contributed by atoms with van der Waals surface area (Å²) in [4.78, 5) is 0. The molecule has 2 atom stereocenters. The van der Waals surface area contributed by atoms with E-state index in [2.05, 4.69) is 27.7 Å². The molecule has 1 saturated heterocycles. The molecule has 21 heavy (non-hydrogen) atoms. The van der Waals surface area contributed by atoms with E-state index in [0.717, 1.165) is 21.3 Å². The summed E-state index contributed by atoms with van der Waals surface area (Å²) in [5.74, 6) is 0. The first-order valence-corrected chi connectivity index (χ1v) is 9.41. The predicted octanol–water partition coefficient (Wildman–Crippen LogP) is 4.25. The molecule has 2 aliphatic rings. The Balaban J connectivity index is 0. The van der Waals surface area contributed by atoms with Gasteiger partial charge < -0.3 is 34.7 Å². The summed E-state index contributed by atoms with van der Waals surface area (Å²) >= 11 is 13.1. The molecule has 0 amide bonds. The first kappa shape index (κ1) is 24.8. The average Bonchev–Trinajstić information content (AvgIpc) is 2.49. The quantitative estimate of drug-likeness (QED) is 0.440. The van der Waals surface area contributed by atoms with E-state index in [-0.39, 0.29) is 34.8 Å². The van der Waals surface area contributed by atoms with Crippen LogP contribution in [-0.2, 0) is 34.7 Å². The van der Waals surface area contributed by atoms with Crippen LogP contribution in [0.2, 0.25) is 0 Å². The minimum absolute atomic E-state index is 0. The van der Waals surface area contributed by atoms with Gasteiger partial charge in [-0.2, -0.15) is 8.47 Å². The Morgan fingerprint density at radius 3 is 1.48 bits per heavy atom. The van der Waals surface area contributed by atoms with Gasteiger partial charge in [-0.1, -0.05) is 53.4 Å². The average molecular weight is 471 g/mol. The van der Waals surface area contributed by atoms with Crippen molar-refractivity contribution in [3.63, 3.8) is 0 Å². The van der Waals surface area contributed by atoms with Crippen molar-refractivity contribution in [1.29, 1.82) is 0 Å². The summed E-state index contributed by atoms with van der Waals surface area (Å²) in [5.41, 5.74) is 0.0888. The number of rotatable bonds is 2. The monoisotopic (exact) mass is 472 g/mol. The fraction of sp³-hybridized carbons (Fsp3) is 0.714. The van der Waals surface area contributed by atoms with Crippen molar-refractivity contribution in [3.05, 3.63) is 22.3 Å². The van der Waals surface area contributed by atoms with E-state index in [1.54, 1.807) is 0 Å². The maximum absolute atomic E-state index is 5.47. The second kappa shape index (κ2) is 16.5. The molecule has 0 spiro atoms. The Labute approximate surface area is 167 Å². The maximum Gasteiger partial charge on any atom is 2.00 e. The van der Waals surface area contributed by atoms with Crippen LogP contribution in [0.25, 0.3) is 0 Å². The van der Waals surface area contributed by atoms with Gasteiger partial charge in [-0.3, -0.25) is 0 Å². The smallest absolute Gasteiger partial charge is 0.774 e. The number of ether oxygens (including phenoxy) is 2. The minimum atomic E-state index is 0. The van der Waals surface area contributed by atoms with Gasteiger partial charge in [-0.05, 0) is 0 Å². The summed E-state index contributed by atoms with van der Waals surface area (Å²) in [6.07, 6.45) is 4.56. The summed E-state index contributed by atoms with van der Waals surface area (Å²) in [6.45, 7) is 12.8. The van der Waals surface area contributed by atoms with Crippen LogP contribution in [0.15, 0.2) is 8.47 Å². The summed E-state index contributed by atoms with van der Waals surface area (Å²) in [5, 5.41) is 0. The third kappa shape index (κ3) is 11.7. The second-order valence-electron chi connectivity index (χ2n) is 4.00. The molecule has 0 N–H and O–H groups in total. The van der Waals surface area contributed by atoms with Gasteiger partial charge in [0.25, 0.3) is 0 Å². The molecule has 0 unspecified atom stereocenters. The fourth-order valence-electron chi connectivity index (χ4n) is 0.972. The Morgan fingerprint density at radius 2 is 1.24 bits per heavy atom. The van der Waals surface area contributed by atoms with E-state index in [1.165, 1.54) is 36.4 Å². The third-order valence-electron chi connectivity index (χ3n) is 2.19. The summed E-state index contributed by atoms with van der Waals surface area (Å²) in [6, 6.07) is 0. The summed E-state index contributed by atoms with van der Waals surface area (Å²) < 4.78 is 12.5. The number of unbranched alkanes of at least 4 members (excludes halogenated alkanes) is 2.